The number of amides is 1. The highest BCUT2D eigenvalue weighted by Gasteiger charge is 2.34. The van der Waals surface area contributed by atoms with Crippen molar-refractivity contribution in [2.75, 3.05) is 17.2 Å². The summed E-state index contributed by atoms with van der Waals surface area (Å²) >= 11 is 0. The van der Waals surface area contributed by atoms with Crippen molar-refractivity contribution < 1.29 is 9.53 Å². The van der Waals surface area contributed by atoms with Gasteiger partial charge in [-0.2, -0.15) is 0 Å². The summed E-state index contributed by atoms with van der Waals surface area (Å²) in [5, 5.41) is 0. The standard InChI is InChI=1S/C20H22N2O2/c1-4-9-22-17-8-7-16(21)12-18(17)24-19(20(22)23)11-15-6-5-13(2)10-14(15)3/h4-8,10,12,19H,1,9,11,21H2,2-3H3. The predicted molar refractivity (Wildman–Crippen MR) is 97.4 cm³/mol. The monoisotopic (exact) mass is 322 g/mol. The van der Waals surface area contributed by atoms with E-state index in [2.05, 4.69) is 38.6 Å². The largest absolute Gasteiger partial charge is 0.478 e. The molecule has 4 heteroatoms. The number of hydrogen-bond donors (Lipinski definition) is 1. The minimum atomic E-state index is -0.555. The highest BCUT2D eigenvalue weighted by Crippen LogP contribution is 2.36. The van der Waals surface area contributed by atoms with Gasteiger partial charge in [0.2, 0.25) is 0 Å². The molecule has 2 aromatic rings. The van der Waals surface area contributed by atoms with Crippen LogP contribution >= 0.6 is 0 Å². The van der Waals surface area contributed by atoms with Crippen LogP contribution in [0, 0.1) is 13.8 Å². The molecule has 1 aliphatic heterocycles. The first-order chi connectivity index (χ1) is 11.5. The molecule has 0 saturated carbocycles. The molecule has 4 nitrogen and oxygen atoms in total. The highest BCUT2D eigenvalue weighted by atomic mass is 16.5. The molecule has 124 valence electrons. The number of carbonyl (C=O) groups excluding carboxylic acids is 1. The maximum Gasteiger partial charge on any atom is 0.268 e. The summed E-state index contributed by atoms with van der Waals surface area (Å²) in [6, 6.07) is 11.6. The van der Waals surface area contributed by atoms with E-state index in [4.69, 9.17) is 10.5 Å². The van der Waals surface area contributed by atoms with Gasteiger partial charge in [0.1, 0.15) is 5.75 Å². The second kappa shape index (κ2) is 6.40. The Kier molecular flexibility index (Phi) is 4.30. The third-order valence-corrected chi connectivity index (χ3v) is 4.30. The van der Waals surface area contributed by atoms with Crippen LogP contribution in [0.3, 0.4) is 0 Å². The van der Waals surface area contributed by atoms with Crippen LogP contribution in [-0.2, 0) is 11.2 Å². The van der Waals surface area contributed by atoms with Crippen molar-refractivity contribution in [2.24, 2.45) is 0 Å². The number of aryl methyl sites for hydroxylation is 2. The summed E-state index contributed by atoms with van der Waals surface area (Å²) < 4.78 is 5.99. The zero-order valence-corrected chi connectivity index (χ0v) is 14.1. The van der Waals surface area contributed by atoms with Crippen molar-refractivity contribution in [1.29, 1.82) is 0 Å². The number of ether oxygens (including phenoxy) is 1. The molecule has 1 atom stereocenters. The van der Waals surface area contributed by atoms with Crippen LogP contribution in [0.25, 0.3) is 0 Å². The van der Waals surface area contributed by atoms with Gasteiger partial charge < -0.3 is 15.4 Å². The van der Waals surface area contributed by atoms with E-state index in [9.17, 15) is 4.79 Å². The smallest absolute Gasteiger partial charge is 0.268 e. The van der Waals surface area contributed by atoms with E-state index in [0.29, 0.717) is 24.4 Å². The van der Waals surface area contributed by atoms with Crippen molar-refractivity contribution in [3.63, 3.8) is 0 Å². The van der Waals surface area contributed by atoms with Crippen LogP contribution in [0.5, 0.6) is 5.75 Å². The molecule has 0 bridgehead atoms. The molecule has 0 aliphatic carbocycles. The third-order valence-electron chi connectivity index (χ3n) is 4.30. The van der Waals surface area contributed by atoms with E-state index in [-0.39, 0.29) is 5.91 Å². The van der Waals surface area contributed by atoms with E-state index >= 15 is 0 Å². The first-order valence-electron chi connectivity index (χ1n) is 8.04. The van der Waals surface area contributed by atoms with Gasteiger partial charge in [0.15, 0.2) is 6.10 Å². The molecule has 2 aromatic carbocycles. The number of hydrogen-bond acceptors (Lipinski definition) is 3. The summed E-state index contributed by atoms with van der Waals surface area (Å²) in [5.41, 5.74) is 10.7. The van der Waals surface area contributed by atoms with Gasteiger partial charge in [-0.1, -0.05) is 29.8 Å². The van der Waals surface area contributed by atoms with E-state index in [1.165, 1.54) is 11.1 Å². The lowest BCUT2D eigenvalue weighted by atomic mass is 9.99. The Balaban J connectivity index is 1.94. The van der Waals surface area contributed by atoms with Gasteiger partial charge in [-0.25, -0.2) is 0 Å². The van der Waals surface area contributed by atoms with Crippen molar-refractivity contribution in [1.82, 2.24) is 0 Å². The molecule has 0 fully saturated rings. The van der Waals surface area contributed by atoms with Crippen LogP contribution < -0.4 is 15.4 Å². The molecule has 1 heterocycles. The van der Waals surface area contributed by atoms with Crippen LogP contribution in [0.15, 0.2) is 49.1 Å². The molecular formula is C20H22N2O2. The summed E-state index contributed by atoms with van der Waals surface area (Å²) in [4.78, 5) is 14.6. The average Bonchev–Trinajstić information content (AvgIpc) is 2.53. The van der Waals surface area contributed by atoms with E-state index < -0.39 is 6.10 Å². The molecule has 3 rings (SSSR count). The molecule has 1 amide bonds. The van der Waals surface area contributed by atoms with Gasteiger partial charge in [-0.05, 0) is 37.1 Å². The van der Waals surface area contributed by atoms with Crippen LogP contribution in [-0.4, -0.2) is 18.6 Å². The quantitative estimate of drug-likeness (QED) is 0.693. The Labute approximate surface area is 142 Å². The SMILES string of the molecule is C=CCN1C(=O)C(Cc2ccc(C)cc2C)Oc2cc(N)ccc21. The number of nitrogen functional groups attached to an aromatic ring is 1. The molecule has 0 aromatic heterocycles. The Morgan fingerprint density at radius 1 is 1.25 bits per heavy atom. The Morgan fingerprint density at radius 2 is 2.04 bits per heavy atom. The van der Waals surface area contributed by atoms with E-state index in [1.807, 2.05) is 6.07 Å². The molecule has 1 unspecified atom stereocenters. The number of nitrogens with two attached hydrogens (primary N) is 1. The minimum absolute atomic E-state index is 0.0489. The molecule has 2 N–H and O–H groups in total. The van der Waals surface area contributed by atoms with Crippen LogP contribution in [0.2, 0.25) is 0 Å². The number of rotatable bonds is 4. The zero-order chi connectivity index (χ0) is 17.3. The highest BCUT2D eigenvalue weighted by molar-refractivity contribution is 6.00. The van der Waals surface area contributed by atoms with Crippen molar-refractivity contribution in [2.45, 2.75) is 26.4 Å². The lowest BCUT2D eigenvalue weighted by Crippen LogP contribution is -2.47. The first-order valence-corrected chi connectivity index (χ1v) is 8.04. The maximum absolute atomic E-state index is 12.9. The second-order valence-electron chi connectivity index (χ2n) is 6.21. The third kappa shape index (κ3) is 3.00. The average molecular weight is 322 g/mol. The van der Waals surface area contributed by atoms with Gasteiger partial charge in [-0.15, -0.1) is 6.58 Å². The van der Waals surface area contributed by atoms with E-state index in [0.717, 1.165) is 11.3 Å². The van der Waals surface area contributed by atoms with Crippen molar-refractivity contribution in [3.05, 3.63) is 65.7 Å². The predicted octanol–water partition coefficient (Wildman–Crippen LogP) is 3.41. The zero-order valence-electron chi connectivity index (χ0n) is 14.1. The topological polar surface area (TPSA) is 55.6 Å². The molecule has 24 heavy (non-hydrogen) atoms. The lowest BCUT2D eigenvalue weighted by molar-refractivity contribution is -0.126. The number of benzene rings is 2. The van der Waals surface area contributed by atoms with Crippen molar-refractivity contribution in [3.8, 4) is 5.75 Å². The normalized spacial score (nSPS) is 16.5. The minimum Gasteiger partial charge on any atom is -0.478 e. The fourth-order valence-electron chi connectivity index (χ4n) is 3.07. The van der Waals surface area contributed by atoms with Crippen LogP contribution in [0.4, 0.5) is 11.4 Å². The van der Waals surface area contributed by atoms with Gasteiger partial charge in [0, 0.05) is 24.7 Å². The first kappa shape index (κ1) is 16.1. The van der Waals surface area contributed by atoms with Crippen molar-refractivity contribution >= 4 is 17.3 Å². The molecule has 0 spiro atoms. The van der Waals surface area contributed by atoms with Gasteiger partial charge in [0.25, 0.3) is 5.91 Å². The lowest BCUT2D eigenvalue weighted by Gasteiger charge is -2.34. The molecular weight excluding hydrogens is 300 g/mol. The van der Waals surface area contributed by atoms with Gasteiger partial charge in [0.05, 0.1) is 5.69 Å². The summed E-state index contributed by atoms with van der Waals surface area (Å²) in [6.07, 6.45) is 1.70. The fraction of sp³-hybridized carbons (Fsp3) is 0.250. The van der Waals surface area contributed by atoms with Gasteiger partial charge in [-0.3, -0.25) is 4.79 Å². The second-order valence-corrected chi connectivity index (χ2v) is 6.21. The molecule has 1 aliphatic rings. The Bertz CT molecular complexity index is 798. The number of nitrogens with zero attached hydrogens (tertiary/aromatic N) is 1. The Hall–Kier alpha value is -2.75. The van der Waals surface area contributed by atoms with Gasteiger partial charge >= 0.3 is 0 Å². The fourth-order valence-corrected chi connectivity index (χ4v) is 3.07. The molecule has 0 radical (unpaired) electrons. The summed E-state index contributed by atoms with van der Waals surface area (Å²) in [7, 11) is 0. The number of anilines is 2. The Morgan fingerprint density at radius 3 is 2.75 bits per heavy atom. The number of fused-ring (bicyclic) bond motifs is 1. The molecule has 0 saturated heterocycles. The van der Waals surface area contributed by atoms with E-state index in [1.54, 1.807) is 23.1 Å². The maximum atomic E-state index is 12.9. The number of carbonyl (C=O) groups is 1. The van der Waals surface area contributed by atoms with Crippen LogP contribution in [0.1, 0.15) is 16.7 Å². The summed E-state index contributed by atoms with van der Waals surface area (Å²) in [5.74, 6) is 0.596. The summed E-state index contributed by atoms with van der Waals surface area (Å²) in [6.45, 7) is 8.32.